The summed E-state index contributed by atoms with van der Waals surface area (Å²) in [6.45, 7) is 3.33. The molecule has 3 nitrogen and oxygen atoms in total. The molecule has 2 aliphatic rings. The average Bonchev–Trinajstić information content (AvgIpc) is 2.25. The summed E-state index contributed by atoms with van der Waals surface area (Å²) in [6.07, 6.45) is 3.01. The predicted octanol–water partition coefficient (Wildman–Crippen LogP) is 2.19. The Kier molecular flexibility index (Phi) is 2.70. The maximum atomic E-state index is 5.98. The maximum Gasteiger partial charge on any atom is 0.147 e. The number of anilines is 1. The Hall–Kier alpha value is -0.510. The van der Waals surface area contributed by atoms with E-state index >= 15 is 0 Å². The molecule has 2 saturated heterocycles. The van der Waals surface area contributed by atoms with Crippen LogP contribution in [0.4, 0.5) is 5.69 Å². The van der Waals surface area contributed by atoms with E-state index < -0.39 is 0 Å². The van der Waals surface area contributed by atoms with Crippen LogP contribution in [0.5, 0.6) is 0 Å². The largest absolute Gasteiger partial charge is 0.366 e. The van der Waals surface area contributed by atoms with E-state index in [0.29, 0.717) is 16.2 Å². The SMILES string of the molecule is Clc1cc(N2C[C@@H]3CNCC[C@@H]32)cnc1Cl. The lowest BCUT2D eigenvalue weighted by molar-refractivity contribution is 0.230. The number of aromatic nitrogens is 1. The number of fused-ring (bicyclic) bond motifs is 1. The van der Waals surface area contributed by atoms with Crippen LogP contribution in [0.25, 0.3) is 0 Å². The molecule has 0 spiro atoms. The minimum absolute atomic E-state index is 0.382. The maximum absolute atomic E-state index is 5.98. The molecule has 5 heteroatoms. The molecule has 1 N–H and O–H groups in total. The van der Waals surface area contributed by atoms with Crippen molar-refractivity contribution in [2.75, 3.05) is 24.5 Å². The first-order chi connectivity index (χ1) is 7.75. The molecule has 2 aliphatic heterocycles. The van der Waals surface area contributed by atoms with Gasteiger partial charge < -0.3 is 10.2 Å². The second-order valence-corrected chi connectivity index (χ2v) is 5.20. The zero-order valence-electron chi connectivity index (χ0n) is 8.79. The standard InChI is InChI=1S/C11H13Cl2N3/c12-9-3-8(5-15-11(9)13)16-6-7-4-14-2-1-10(7)16/h3,5,7,10,14H,1-2,4,6H2/t7-,10-/m0/s1. The van der Waals surface area contributed by atoms with Crippen molar-refractivity contribution in [2.45, 2.75) is 12.5 Å². The number of nitrogens with one attached hydrogen (secondary N) is 1. The van der Waals surface area contributed by atoms with Crippen molar-refractivity contribution in [2.24, 2.45) is 5.92 Å². The third-order valence-corrected chi connectivity index (χ3v) is 4.20. The summed E-state index contributed by atoms with van der Waals surface area (Å²) < 4.78 is 0. The van der Waals surface area contributed by atoms with Gasteiger partial charge in [-0.05, 0) is 19.0 Å². The zero-order chi connectivity index (χ0) is 11.1. The molecular formula is C11H13Cl2N3. The number of piperidine rings is 1. The first-order valence-electron chi connectivity index (χ1n) is 5.54. The second-order valence-electron chi connectivity index (χ2n) is 4.44. The normalized spacial score (nSPS) is 28.5. The molecule has 0 saturated carbocycles. The van der Waals surface area contributed by atoms with Crippen molar-refractivity contribution < 1.29 is 0 Å². The van der Waals surface area contributed by atoms with Crippen molar-refractivity contribution in [1.82, 2.24) is 10.3 Å². The van der Waals surface area contributed by atoms with Crippen molar-refractivity contribution in [1.29, 1.82) is 0 Å². The van der Waals surface area contributed by atoms with Crippen LogP contribution >= 0.6 is 23.2 Å². The van der Waals surface area contributed by atoms with Crippen molar-refractivity contribution in [3.8, 4) is 0 Å². The van der Waals surface area contributed by atoms with E-state index in [4.69, 9.17) is 23.2 Å². The predicted molar refractivity (Wildman–Crippen MR) is 66.4 cm³/mol. The van der Waals surface area contributed by atoms with Crippen LogP contribution in [0, 0.1) is 5.92 Å². The Balaban J connectivity index is 1.80. The quantitative estimate of drug-likeness (QED) is 0.782. The highest BCUT2D eigenvalue weighted by Crippen LogP contribution is 2.35. The number of hydrogen-bond donors (Lipinski definition) is 1. The van der Waals surface area contributed by atoms with Crippen molar-refractivity contribution in [3.63, 3.8) is 0 Å². The minimum atomic E-state index is 0.382. The number of rotatable bonds is 1. The van der Waals surface area contributed by atoms with Gasteiger partial charge in [0.15, 0.2) is 0 Å². The topological polar surface area (TPSA) is 28.2 Å². The Morgan fingerprint density at radius 1 is 1.44 bits per heavy atom. The molecule has 3 rings (SSSR count). The molecule has 3 heterocycles. The third kappa shape index (κ3) is 1.67. The lowest BCUT2D eigenvalue weighted by Gasteiger charge is -2.52. The van der Waals surface area contributed by atoms with Gasteiger partial charge in [-0.2, -0.15) is 0 Å². The summed E-state index contributed by atoms with van der Waals surface area (Å²) in [5.74, 6) is 0.781. The summed E-state index contributed by atoms with van der Waals surface area (Å²) in [4.78, 5) is 6.47. The van der Waals surface area contributed by atoms with Crippen LogP contribution in [-0.2, 0) is 0 Å². The van der Waals surface area contributed by atoms with E-state index in [1.807, 2.05) is 12.3 Å². The van der Waals surface area contributed by atoms with Gasteiger partial charge in [0, 0.05) is 25.0 Å². The van der Waals surface area contributed by atoms with E-state index in [0.717, 1.165) is 31.2 Å². The Labute approximate surface area is 105 Å². The smallest absolute Gasteiger partial charge is 0.147 e. The molecule has 0 bridgehead atoms. The van der Waals surface area contributed by atoms with Gasteiger partial charge >= 0.3 is 0 Å². The molecule has 2 fully saturated rings. The summed E-state index contributed by atoms with van der Waals surface area (Å²) in [5, 5.41) is 4.34. The van der Waals surface area contributed by atoms with Crippen LogP contribution in [-0.4, -0.2) is 30.7 Å². The molecule has 1 aromatic heterocycles. The molecule has 0 unspecified atom stereocenters. The van der Waals surface area contributed by atoms with Gasteiger partial charge in [-0.15, -0.1) is 0 Å². The highest BCUT2D eigenvalue weighted by molar-refractivity contribution is 6.41. The van der Waals surface area contributed by atoms with Crippen LogP contribution in [0.3, 0.4) is 0 Å². The van der Waals surface area contributed by atoms with Gasteiger partial charge in [0.2, 0.25) is 0 Å². The van der Waals surface area contributed by atoms with E-state index in [-0.39, 0.29) is 0 Å². The summed E-state index contributed by atoms with van der Waals surface area (Å²) in [5.41, 5.74) is 1.09. The number of nitrogens with zero attached hydrogens (tertiary/aromatic N) is 2. The zero-order valence-corrected chi connectivity index (χ0v) is 10.3. The van der Waals surface area contributed by atoms with Gasteiger partial charge in [-0.25, -0.2) is 4.98 Å². The van der Waals surface area contributed by atoms with Gasteiger partial charge in [-0.3, -0.25) is 0 Å². The van der Waals surface area contributed by atoms with E-state index in [1.54, 1.807) is 0 Å². The Bertz CT molecular complexity index is 410. The van der Waals surface area contributed by atoms with Gasteiger partial charge in [0.1, 0.15) is 5.15 Å². The van der Waals surface area contributed by atoms with E-state index in [2.05, 4.69) is 15.2 Å². The van der Waals surface area contributed by atoms with Gasteiger partial charge in [0.25, 0.3) is 0 Å². The fourth-order valence-electron chi connectivity index (χ4n) is 2.62. The van der Waals surface area contributed by atoms with E-state index in [1.165, 1.54) is 6.42 Å². The molecule has 1 aromatic rings. The van der Waals surface area contributed by atoms with Crippen LogP contribution in [0.2, 0.25) is 10.2 Å². The first-order valence-corrected chi connectivity index (χ1v) is 6.29. The average molecular weight is 258 g/mol. The highest BCUT2D eigenvalue weighted by Gasteiger charge is 2.40. The summed E-state index contributed by atoms with van der Waals surface area (Å²) >= 11 is 11.8. The highest BCUT2D eigenvalue weighted by atomic mass is 35.5. The summed E-state index contributed by atoms with van der Waals surface area (Å²) in [7, 11) is 0. The number of pyridine rings is 1. The molecule has 0 radical (unpaired) electrons. The van der Waals surface area contributed by atoms with Crippen LogP contribution in [0.1, 0.15) is 6.42 Å². The van der Waals surface area contributed by atoms with E-state index in [9.17, 15) is 0 Å². The molecule has 16 heavy (non-hydrogen) atoms. The van der Waals surface area contributed by atoms with Gasteiger partial charge in [-0.1, -0.05) is 23.2 Å². The summed E-state index contributed by atoms with van der Waals surface area (Å²) in [6, 6.07) is 2.56. The Morgan fingerprint density at radius 3 is 3.06 bits per heavy atom. The minimum Gasteiger partial charge on any atom is -0.366 e. The number of hydrogen-bond acceptors (Lipinski definition) is 3. The van der Waals surface area contributed by atoms with Crippen molar-refractivity contribution >= 4 is 28.9 Å². The second kappa shape index (κ2) is 4.06. The lowest BCUT2D eigenvalue weighted by Crippen LogP contribution is -2.63. The van der Waals surface area contributed by atoms with Crippen LogP contribution in [0.15, 0.2) is 12.3 Å². The molecule has 2 atom stereocenters. The van der Waals surface area contributed by atoms with Crippen LogP contribution < -0.4 is 10.2 Å². The first kappa shape index (κ1) is 10.6. The molecular weight excluding hydrogens is 245 g/mol. The number of halogens is 2. The molecule has 0 aromatic carbocycles. The monoisotopic (exact) mass is 257 g/mol. The fraction of sp³-hybridized carbons (Fsp3) is 0.545. The fourth-order valence-corrected chi connectivity index (χ4v) is 2.88. The van der Waals surface area contributed by atoms with Crippen molar-refractivity contribution in [3.05, 3.63) is 22.4 Å². The lowest BCUT2D eigenvalue weighted by atomic mass is 9.83. The third-order valence-electron chi connectivity index (χ3n) is 3.51. The Morgan fingerprint density at radius 2 is 2.31 bits per heavy atom. The molecule has 0 aliphatic carbocycles. The molecule has 86 valence electrons. The van der Waals surface area contributed by atoms with Gasteiger partial charge in [0.05, 0.1) is 16.9 Å². The molecule has 0 amide bonds.